The molecule has 0 saturated carbocycles. The van der Waals surface area contributed by atoms with Gasteiger partial charge in [-0.15, -0.1) is 0 Å². The number of nitrogens with zero attached hydrogens (tertiary/aromatic N) is 2. The van der Waals surface area contributed by atoms with Gasteiger partial charge in [-0.3, -0.25) is 14.9 Å². The topological polar surface area (TPSA) is 93.8 Å². The van der Waals surface area contributed by atoms with Crippen molar-refractivity contribution in [1.29, 1.82) is 0 Å². The third-order valence-electron chi connectivity index (χ3n) is 4.51. The van der Waals surface area contributed by atoms with E-state index < -0.39 is 4.92 Å². The molecule has 1 heterocycles. The van der Waals surface area contributed by atoms with E-state index in [0.717, 1.165) is 27.4 Å². The second-order valence-electron chi connectivity index (χ2n) is 6.83. The lowest BCUT2D eigenvalue weighted by molar-refractivity contribution is -0.384. The number of aliphatic imine (C=N–C) groups is 1. The monoisotopic (exact) mass is 543 g/mol. The molecule has 1 fully saturated rings. The normalized spacial score (nSPS) is 15.6. The number of thioether (sulfide) groups is 1. The highest BCUT2D eigenvalue weighted by Crippen LogP contribution is 2.34. The zero-order chi connectivity index (χ0) is 23.4. The Morgan fingerprint density at radius 1 is 1.15 bits per heavy atom. The lowest BCUT2D eigenvalue weighted by Crippen LogP contribution is -2.19. The standard InChI is InChI=1S/C23H15BrClN3O4S/c24-16-6-9-20(32-13-14-4-2-1-3-5-14)15(10-16)11-21-22(29)27-23(33-21)26-19-8-7-17(28(30)31)12-18(19)25/h1-12H,13H2,(H,26,27,29)/b21-11+. The Morgan fingerprint density at radius 3 is 2.67 bits per heavy atom. The van der Waals surface area contributed by atoms with Crippen molar-refractivity contribution < 1.29 is 14.5 Å². The first-order valence-corrected chi connectivity index (χ1v) is 11.6. The first kappa shape index (κ1) is 23.0. The summed E-state index contributed by atoms with van der Waals surface area (Å²) in [6.45, 7) is 0.392. The fraction of sp³-hybridized carbons (Fsp3) is 0.0435. The van der Waals surface area contributed by atoms with Gasteiger partial charge in [0.1, 0.15) is 12.4 Å². The predicted octanol–water partition coefficient (Wildman–Crippen LogP) is 6.48. The number of carbonyl (C=O) groups is 1. The first-order valence-electron chi connectivity index (χ1n) is 9.59. The lowest BCUT2D eigenvalue weighted by Gasteiger charge is -2.10. The Balaban J connectivity index is 1.56. The summed E-state index contributed by atoms with van der Waals surface area (Å²) in [5.41, 5.74) is 1.94. The lowest BCUT2D eigenvalue weighted by atomic mass is 10.2. The highest BCUT2D eigenvalue weighted by molar-refractivity contribution is 9.10. The summed E-state index contributed by atoms with van der Waals surface area (Å²) in [6.07, 6.45) is 1.73. The van der Waals surface area contributed by atoms with E-state index >= 15 is 0 Å². The summed E-state index contributed by atoms with van der Waals surface area (Å²) in [5, 5.41) is 14.0. The molecule has 166 valence electrons. The van der Waals surface area contributed by atoms with Gasteiger partial charge in [0.2, 0.25) is 0 Å². The van der Waals surface area contributed by atoms with Gasteiger partial charge in [-0.25, -0.2) is 4.99 Å². The second-order valence-corrected chi connectivity index (χ2v) is 9.18. The second kappa shape index (κ2) is 10.2. The maximum absolute atomic E-state index is 12.5. The number of non-ortho nitro benzene ring substituents is 1. The SMILES string of the molecule is O=C1NC(=Nc2ccc([N+](=O)[O-])cc2Cl)S/C1=C/c1cc(Br)ccc1OCc1ccccc1. The number of nitrogens with one attached hydrogen (secondary N) is 1. The molecule has 1 saturated heterocycles. The molecule has 3 aromatic carbocycles. The van der Waals surface area contributed by atoms with E-state index in [2.05, 4.69) is 26.2 Å². The molecule has 0 aromatic heterocycles. The number of nitro groups is 1. The molecule has 7 nitrogen and oxygen atoms in total. The molecule has 1 aliphatic heterocycles. The number of rotatable bonds is 6. The van der Waals surface area contributed by atoms with Gasteiger partial charge in [-0.05, 0) is 47.7 Å². The fourth-order valence-corrected chi connectivity index (χ4v) is 4.35. The van der Waals surface area contributed by atoms with Crippen LogP contribution in [0.5, 0.6) is 5.75 Å². The summed E-state index contributed by atoms with van der Waals surface area (Å²) in [6, 6.07) is 19.3. The predicted molar refractivity (Wildman–Crippen MR) is 134 cm³/mol. The van der Waals surface area contributed by atoms with E-state index in [1.807, 2.05) is 48.5 Å². The molecular weight excluding hydrogens is 530 g/mol. The van der Waals surface area contributed by atoms with Crippen LogP contribution in [0.1, 0.15) is 11.1 Å². The van der Waals surface area contributed by atoms with E-state index in [1.54, 1.807) is 6.08 Å². The van der Waals surface area contributed by atoms with E-state index in [9.17, 15) is 14.9 Å². The molecule has 33 heavy (non-hydrogen) atoms. The Morgan fingerprint density at radius 2 is 1.94 bits per heavy atom. The zero-order valence-corrected chi connectivity index (χ0v) is 20.0. The molecular formula is C23H15BrClN3O4S. The molecule has 1 aliphatic rings. The van der Waals surface area contributed by atoms with Gasteiger partial charge >= 0.3 is 0 Å². The smallest absolute Gasteiger partial charge is 0.271 e. The number of carbonyl (C=O) groups excluding carboxylic acids is 1. The number of amides is 1. The first-order chi connectivity index (χ1) is 15.9. The number of benzene rings is 3. The van der Waals surface area contributed by atoms with Crippen LogP contribution in [-0.4, -0.2) is 16.0 Å². The number of hydrogen-bond donors (Lipinski definition) is 1. The van der Waals surface area contributed by atoms with Gasteiger partial charge in [-0.2, -0.15) is 0 Å². The van der Waals surface area contributed by atoms with E-state index in [-0.39, 0.29) is 16.6 Å². The van der Waals surface area contributed by atoms with Crippen molar-refractivity contribution in [1.82, 2.24) is 5.32 Å². The third kappa shape index (κ3) is 5.81. The van der Waals surface area contributed by atoms with Gasteiger partial charge in [0, 0.05) is 22.2 Å². The maximum Gasteiger partial charge on any atom is 0.271 e. The molecule has 0 radical (unpaired) electrons. The van der Waals surface area contributed by atoms with Crippen LogP contribution in [0.2, 0.25) is 5.02 Å². The number of hydrogen-bond acceptors (Lipinski definition) is 6. The molecule has 0 bridgehead atoms. The Bertz CT molecular complexity index is 1300. The number of ether oxygens (including phenoxy) is 1. The molecule has 10 heteroatoms. The molecule has 0 atom stereocenters. The van der Waals surface area contributed by atoms with Crippen molar-refractivity contribution in [3.63, 3.8) is 0 Å². The van der Waals surface area contributed by atoms with Crippen molar-refractivity contribution in [3.05, 3.63) is 102 Å². The largest absolute Gasteiger partial charge is 0.488 e. The van der Waals surface area contributed by atoms with Crippen molar-refractivity contribution in [2.75, 3.05) is 0 Å². The van der Waals surface area contributed by atoms with Gasteiger partial charge in [0.15, 0.2) is 5.17 Å². The van der Waals surface area contributed by atoms with Crippen LogP contribution in [0.15, 0.2) is 81.1 Å². The van der Waals surface area contributed by atoms with Crippen molar-refractivity contribution in [2.45, 2.75) is 6.61 Å². The minimum atomic E-state index is -0.537. The van der Waals surface area contributed by atoms with Gasteiger partial charge < -0.3 is 10.1 Å². The summed E-state index contributed by atoms with van der Waals surface area (Å²) < 4.78 is 6.83. The van der Waals surface area contributed by atoms with Gasteiger partial charge in [0.25, 0.3) is 11.6 Å². The number of halogens is 2. The van der Waals surface area contributed by atoms with Crippen LogP contribution in [0, 0.1) is 10.1 Å². The van der Waals surface area contributed by atoms with Crippen LogP contribution in [0.4, 0.5) is 11.4 Å². The minimum absolute atomic E-state index is 0.118. The average Bonchev–Trinajstić information content (AvgIpc) is 3.13. The fourth-order valence-electron chi connectivity index (χ4n) is 2.93. The molecule has 0 spiro atoms. The summed E-state index contributed by atoms with van der Waals surface area (Å²) in [4.78, 5) is 27.6. The number of nitro benzene ring substituents is 1. The molecule has 0 aliphatic carbocycles. The minimum Gasteiger partial charge on any atom is -0.488 e. The van der Waals surface area contributed by atoms with Crippen LogP contribution >= 0.6 is 39.3 Å². The molecule has 1 N–H and O–H groups in total. The number of amidine groups is 1. The van der Waals surface area contributed by atoms with Crippen LogP contribution < -0.4 is 10.1 Å². The Labute approximate surface area is 206 Å². The Kier molecular flexibility index (Phi) is 7.12. The van der Waals surface area contributed by atoms with Crippen molar-refractivity contribution in [3.8, 4) is 5.75 Å². The third-order valence-corrected chi connectivity index (χ3v) is 6.22. The maximum atomic E-state index is 12.5. The molecule has 4 rings (SSSR count). The molecule has 0 unspecified atom stereocenters. The highest BCUT2D eigenvalue weighted by atomic mass is 79.9. The van der Waals surface area contributed by atoms with Crippen molar-refractivity contribution in [2.24, 2.45) is 4.99 Å². The average molecular weight is 545 g/mol. The van der Waals surface area contributed by atoms with Crippen LogP contribution in [0.25, 0.3) is 6.08 Å². The quantitative estimate of drug-likeness (QED) is 0.218. The molecule has 1 amide bonds. The Hall–Kier alpha value is -3.14. The van der Waals surface area contributed by atoms with E-state index in [0.29, 0.717) is 28.1 Å². The zero-order valence-electron chi connectivity index (χ0n) is 16.8. The van der Waals surface area contributed by atoms with Crippen LogP contribution in [0.3, 0.4) is 0 Å². The van der Waals surface area contributed by atoms with Crippen molar-refractivity contribution >= 4 is 67.8 Å². The summed E-state index contributed by atoms with van der Waals surface area (Å²) in [7, 11) is 0. The molecule has 3 aromatic rings. The highest BCUT2D eigenvalue weighted by Gasteiger charge is 2.25. The van der Waals surface area contributed by atoms with E-state index in [1.165, 1.54) is 18.2 Å². The van der Waals surface area contributed by atoms with Gasteiger partial charge in [-0.1, -0.05) is 57.9 Å². The summed E-state index contributed by atoms with van der Waals surface area (Å²) >= 11 is 10.7. The van der Waals surface area contributed by atoms with E-state index in [4.69, 9.17) is 16.3 Å². The van der Waals surface area contributed by atoms with Gasteiger partial charge in [0.05, 0.1) is 20.5 Å². The van der Waals surface area contributed by atoms with Crippen LogP contribution in [-0.2, 0) is 11.4 Å². The summed E-state index contributed by atoms with van der Waals surface area (Å²) in [5.74, 6) is 0.317.